The van der Waals surface area contributed by atoms with Crippen LogP contribution in [0.5, 0.6) is 0 Å². The molecule has 1 heterocycles. The molecule has 0 atom stereocenters. The highest BCUT2D eigenvalue weighted by molar-refractivity contribution is 5.92. The molecule has 0 saturated carbocycles. The van der Waals surface area contributed by atoms with E-state index in [9.17, 15) is 9.59 Å². The molecule has 120 valence electrons. The molecule has 1 aromatic rings. The van der Waals surface area contributed by atoms with Gasteiger partial charge in [0.2, 0.25) is 5.91 Å². The van der Waals surface area contributed by atoms with Crippen LogP contribution in [0.4, 0.5) is 10.5 Å². The summed E-state index contributed by atoms with van der Waals surface area (Å²) in [7, 11) is 1.39. The van der Waals surface area contributed by atoms with Gasteiger partial charge in [0.1, 0.15) is 0 Å². The van der Waals surface area contributed by atoms with Crippen LogP contribution in [0.2, 0.25) is 0 Å². The number of amides is 2. The van der Waals surface area contributed by atoms with E-state index in [1.54, 1.807) is 4.90 Å². The highest BCUT2D eigenvalue weighted by Gasteiger charge is 2.22. The van der Waals surface area contributed by atoms with E-state index in [4.69, 9.17) is 4.74 Å². The fourth-order valence-electron chi connectivity index (χ4n) is 2.82. The van der Waals surface area contributed by atoms with Gasteiger partial charge in [-0.15, -0.1) is 0 Å². The highest BCUT2D eigenvalue weighted by atomic mass is 16.5. The van der Waals surface area contributed by atoms with E-state index in [2.05, 4.69) is 5.32 Å². The smallest absolute Gasteiger partial charge is 0.409 e. The number of hydrogen-bond acceptors (Lipinski definition) is 3. The minimum absolute atomic E-state index is 0.0441. The predicted molar refractivity (Wildman–Crippen MR) is 85.7 cm³/mol. The summed E-state index contributed by atoms with van der Waals surface area (Å²) in [6, 6.07) is 5.93. The van der Waals surface area contributed by atoms with Gasteiger partial charge in [-0.25, -0.2) is 4.79 Å². The molecule has 1 aliphatic rings. The van der Waals surface area contributed by atoms with Crippen LogP contribution >= 0.6 is 0 Å². The lowest BCUT2D eigenvalue weighted by Gasteiger charge is -2.28. The molecular formula is C17H24N2O3. The van der Waals surface area contributed by atoms with Crippen LogP contribution in [-0.4, -0.2) is 30.6 Å². The van der Waals surface area contributed by atoms with E-state index in [0.717, 1.165) is 30.5 Å². The summed E-state index contributed by atoms with van der Waals surface area (Å²) in [5.41, 5.74) is 3.09. The Balaban J connectivity index is 2.11. The molecule has 0 unspecified atom stereocenters. The summed E-state index contributed by atoms with van der Waals surface area (Å²) in [5, 5.41) is 2.98. The first kappa shape index (κ1) is 16.3. The molecule has 1 aromatic carbocycles. The molecular weight excluding hydrogens is 280 g/mol. The fourth-order valence-corrected chi connectivity index (χ4v) is 2.82. The van der Waals surface area contributed by atoms with Gasteiger partial charge in [-0.1, -0.05) is 19.9 Å². The van der Waals surface area contributed by atoms with Gasteiger partial charge in [0.25, 0.3) is 0 Å². The summed E-state index contributed by atoms with van der Waals surface area (Å²) >= 11 is 0. The molecule has 0 aromatic heterocycles. The predicted octanol–water partition coefficient (Wildman–Crippen LogP) is 3.19. The summed E-state index contributed by atoms with van der Waals surface area (Å²) in [5.74, 6) is 0.105. The molecule has 0 spiro atoms. The van der Waals surface area contributed by atoms with Crippen molar-refractivity contribution < 1.29 is 14.3 Å². The Kier molecular flexibility index (Phi) is 5.41. The topological polar surface area (TPSA) is 58.6 Å². The van der Waals surface area contributed by atoms with Crippen molar-refractivity contribution in [2.45, 2.75) is 39.7 Å². The van der Waals surface area contributed by atoms with E-state index in [0.29, 0.717) is 13.1 Å². The first-order valence-electron chi connectivity index (χ1n) is 7.84. The zero-order valence-electron chi connectivity index (χ0n) is 13.5. The van der Waals surface area contributed by atoms with Gasteiger partial charge in [0.05, 0.1) is 7.11 Å². The SMILES string of the molecule is CCC(CC)C(=O)Nc1ccc2c(c1)CN(C(=O)OC)CC2. The minimum atomic E-state index is -0.308. The zero-order valence-corrected chi connectivity index (χ0v) is 13.5. The van der Waals surface area contributed by atoms with E-state index in [1.165, 1.54) is 12.7 Å². The number of carbonyl (C=O) groups excluding carboxylic acids is 2. The Morgan fingerprint density at radius 1 is 1.27 bits per heavy atom. The molecule has 1 N–H and O–H groups in total. The number of anilines is 1. The van der Waals surface area contributed by atoms with Crippen LogP contribution < -0.4 is 5.32 Å². The van der Waals surface area contributed by atoms with Crippen LogP contribution in [0.1, 0.15) is 37.8 Å². The van der Waals surface area contributed by atoms with Crippen molar-refractivity contribution in [1.82, 2.24) is 4.90 Å². The van der Waals surface area contributed by atoms with E-state index in [1.807, 2.05) is 32.0 Å². The van der Waals surface area contributed by atoms with Gasteiger partial charge in [-0.3, -0.25) is 4.79 Å². The van der Waals surface area contributed by atoms with Gasteiger partial charge in [-0.05, 0) is 42.5 Å². The van der Waals surface area contributed by atoms with Crippen molar-refractivity contribution >= 4 is 17.7 Å². The Labute approximate surface area is 131 Å². The van der Waals surface area contributed by atoms with Gasteiger partial charge >= 0.3 is 6.09 Å². The maximum absolute atomic E-state index is 12.2. The quantitative estimate of drug-likeness (QED) is 0.929. The van der Waals surface area contributed by atoms with Crippen molar-refractivity contribution in [2.75, 3.05) is 19.0 Å². The van der Waals surface area contributed by atoms with Gasteiger partial charge in [-0.2, -0.15) is 0 Å². The van der Waals surface area contributed by atoms with E-state index >= 15 is 0 Å². The van der Waals surface area contributed by atoms with Gasteiger partial charge < -0.3 is 15.0 Å². The maximum Gasteiger partial charge on any atom is 0.409 e. The molecule has 2 rings (SSSR count). The number of methoxy groups -OCH3 is 1. The third-order valence-corrected chi connectivity index (χ3v) is 4.28. The number of rotatable bonds is 4. The largest absolute Gasteiger partial charge is 0.453 e. The lowest BCUT2D eigenvalue weighted by atomic mass is 9.98. The molecule has 1 aliphatic heterocycles. The number of carbonyl (C=O) groups is 2. The standard InChI is InChI=1S/C17H24N2O3/c1-4-12(5-2)16(20)18-15-7-6-13-8-9-19(17(21)22-3)11-14(13)10-15/h6-7,10,12H,4-5,8-9,11H2,1-3H3,(H,18,20). The van der Waals surface area contributed by atoms with E-state index < -0.39 is 0 Å². The summed E-state index contributed by atoms with van der Waals surface area (Å²) in [6.45, 7) is 5.24. The first-order chi connectivity index (χ1) is 10.6. The summed E-state index contributed by atoms with van der Waals surface area (Å²) in [6.07, 6.45) is 2.18. The summed E-state index contributed by atoms with van der Waals surface area (Å²) in [4.78, 5) is 25.5. The fraction of sp³-hybridized carbons (Fsp3) is 0.529. The summed E-state index contributed by atoms with van der Waals surface area (Å²) < 4.78 is 4.78. The van der Waals surface area contributed by atoms with Crippen LogP contribution in [0, 0.1) is 5.92 Å². The zero-order chi connectivity index (χ0) is 16.1. The second-order valence-electron chi connectivity index (χ2n) is 5.63. The third kappa shape index (κ3) is 3.59. The number of fused-ring (bicyclic) bond motifs is 1. The second kappa shape index (κ2) is 7.29. The number of nitrogens with one attached hydrogen (secondary N) is 1. The van der Waals surface area contributed by atoms with Crippen molar-refractivity contribution in [1.29, 1.82) is 0 Å². The van der Waals surface area contributed by atoms with Gasteiger partial charge in [0, 0.05) is 24.7 Å². The first-order valence-corrected chi connectivity index (χ1v) is 7.84. The van der Waals surface area contributed by atoms with Crippen LogP contribution in [0.25, 0.3) is 0 Å². The molecule has 0 radical (unpaired) electrons. The maximum atomic E-state index is 12.2. The monoisotopic (exact) mass is 304 g/mol. The highest BCUT2D eigenvalue weighted by Crippen LogP contribution is 2.24. The van der Waals surface area contributed by atoms with Crippen molar-refractivity contribution in [3.05, 3.63) is 29.3 Å². The molecule has 2 amide bonds. The normalized spacial score (nSPS) is 13.7. The minimum Gasteiger partial charge on any atom is -0.453 e. The van der Waals surface area contributed by atoms with Crippen LogP contribution in [-0.2, 0) is 22.5 Å². The lowest BCUT2D eigenvalue weighted by Crippen LogP contribution is -2.35. The molecule has 5 heteroatoms. The molecule has 0 bridgehead atoms. The molecule has 0 saturated heterocycles. The number of nitrogens with zero attached hydrogens (tertiary/aromatic N) is 1. The number of hydrogen-bond donors (Lipinski definition) is 1. The van der Waals surface area contributed by atoms with Crippen molar-refractivity contribution in [2.24, 2.45) is 5.92 Å². The lowest BCUT2D eigenvalue weighted by molar-refractivity contribution is -0.120. The average Bonchev–Trinajstić information content (AvgIpc) is 2.54. The number of ether oxygens (including phenoxy) is 1. The Morgan fingerprint density at radius 2 is 2.00 bits per heavy atom. The molecule has 22 heavy (non-hydrogen) atoms. The van der Waals surface area contributed by atoms with Crippen molar-refractivity contribution in [3.8, 4) is 0 Å². The van der Waals surface area contributed by atoms with Crippen LogP contribution in [0.15, 0.2) is 18.2 Å². The van der Waals surface area contributed by atoms with E-state index in [-0.39, 0.29) is 17.9 Å². The Hall–Kier alpha value is -2.04. The third-order valence-electron chi connectivity index (χ3n) is 4.28. The average molecular weight is 304 g/mol. The van der Waals surface area contributed by atoms with Gasteiger partial charge in [0.15, 0.2) is 0 Å². The number of benzene rings is 1. The Morgan fingerprint density at radius 3 is 2.64 bits per heavy atom. The molecule has 0 aliphatic carbocycles. The van der Waals surface area contributed by atoms with Crippen LogP contribution in [0.3, 0.4) is 0 Å². The van der Waals surface area contributed by atoms with Crippen molar-refractivity contribution in [3.63, 3.8) is 0 Å². The molecule has 0 fully saturated rings. The Bertz CT molecular complexity index is 553. The second-order valence-corrected chi connectivity index (χ2v) is 5.63. The molecule has 5 nitrogen and oxygen atoms in total.